The van der Waals surface area contributed by atoms with Gasteiger partial charge in [0.2, 0.25) is 0 Å². The summed E-state index contributed by atoms with van der Waals surface area (Å²) in [6.07, 6.45) is 5.10. The van der Waals surface area contributed by atoms with Crippen LogP contribution in [0.4, 0.5) is 0 Å². The Morgan fingerprint density at radius 3 is 2.54 bits per heavy atom. The van der Waals surface area contributed by atoms with Gasteiger partial charge in [0.05, 0.1) is 12.0 Å². The molecule has 0 bridgehead atoms. The van der Waals surface area contributed by atoms with Crippen LogP contribution in [0.1, 0.15) is 30.0 Å². The van der Waals surface area contributed by atoms with Crippen LogP contribution in [-0.2, 0) is 4.79 Å². The fourth-order valence-corrected chi connectivity index (χ4v) is 4.02. The number of aromatic nitrogens is 1. The summed E-state index contributed by atoms with van der Waals surface area (Å²) in [6, 6.07) is 19.0. The van der Waals surface area contributed by atoms with Crippen LogP contribution in [0.5, 0.6) is 0 Å². The number of benzene rings is 2. The Kier molecular flexibility index (Phi) is 4.67. The SMILES string of the molecule is O=C(O)C1CCN(C(c2cccnc2)c2cccc3ccccc23)CC1. The van der Waals surface area contributed by atoms with Gasteiger partial charge in [0.1, 0.15) is 0 Å². The molecular formula is C22H22N2O2. The van der Waals surface area contributed by atoms with Crippen molar-refractivity contribution in [3.05, 3.63) is 78.1 Å². The van der Waals surface area contributed by atoms with Crippen molar-refractivity contribution >= 4 is 16.7 Å². The van der Waals surface area contributed by atoms with E-state index in [0.717, 1.165) is 18.7 Å². The third kappa shape index (κ3) is 3.20. The lowest BCUT2D eigenvalue weighted by atomic mass is 9.89. The Labute approximate surface area is 153 Å². The average Bonchev–Trinajstić information content (AvgIpc) is 2.70. The minimum absolute atomic E-state index is 0.0875. The first-order valence-corrected chi connectivity index (χ1v) is 9.08. The lowest BCUT2D eigenvalue weighted by Gasteiger charge is -2.37. The summed E-state index contributed by atoms with van der Waals surface area (Å²) in [7, 11) is 0. The molecule has 4 nitrogen and oxygen atoms in total. The van der Waals surface area contributed by atoms with Crippen molar-refractivity contribution in [2.75, 3.05) is 13.1 Å². The Morgan fingerprint density at radius 2 is 1.81 bits per heavy atom. The summed E-state index contributed by atoms with van der Waals surface area (Å²) in [4.78, 5) is 18.0. The zero-order chi connectivity index (χ0) is 17.9. The molecule has 0 spiro atoms. The summed E-state index contributed by atoms with van der Waals surface area (Å²) in [6.45, 7) is 1.56. The van der Waals surface area contributed by atoms with Crippen molar-refractivity contribution in [2.45, 2.75) is 18.9 Å². The van der Waals surface area contributed by atoms with Crippen molar-refractivity contribution < 1.29 is 9.90 Å². The highest BCUT2D eigenvalue weighted by atomic mass is 16.4. The molecule has 132 valence electrons. The van der Waals surface area contributed by atoms with Crippen molar-refractivity contribution in [2.24, 2.45) is 5.92 Å². The number of rotatable bonds is 4. The van der Waals surface area contributed by atoms with E-state index in [9.17, 15) is 9.90 Å². The second-order valence-corrected chi connectivity index (χ2v) is 6.91. The molecule has 4 heteroatoms. The minimum atomic E-state index is -0.673. The molecule has 1 atom stereocenters. The van der Waals surface area contributed by atoms with Gasteiger partial charge in [-0.2, -0.15) is 0 Å². The fourth-order valence-electron chi connectivity index (χ4n) is 4.02. The van der Waals surface area contributed by atoms with Gasteiger partial charge in [0.25, 0.3) is 0 Å². The Bertz CT molecular complexity index is 897. The summed E-state index contributed by atoms with van der Waals surface area (Å²) < 4.78 is 0. The Morgan fingerprint density at radius 1 is 1.04 bits per heavy atom. The van der Waals surface area contributed by atoms with Crippen LogP contribution in [0.25, 0.3) is 10.8 Å². The van der Waals surface area contributed by atoms with Crippen LogP contribution in [-0.4, -0.2) is 34.0 Å². The van der Waals surface area contributed by atoms with Crippen LogP contribution < -0.4 is 0 Å². The average molecular weight is 346 g/mol. The van der Waals surface area contributed by atoms with E-state index in [4.69, 9.17) is 0 Å². The quantitative estimate of drug-likeness (QED) is 0.772. The van der Waals surface area contributed by atoms with E-state index in [1.165, 1.54) is 16.3 Å². The molecule has 3 aromatic rings. The molecule has 26 heavy (non-hydrogen) atoms. The number of carbonyl (C=O) groups is 1. The minimum Gasteiger partial charge on any atom is -0.481 e. The molecule has 1 aliphatic rings. The number of nitrogens with zero attached hydrogens (tertiary/aromatic N) is 2. The number of carboxylic acids is 1. The first-order chi connectivity index (χ1) is 12.7. The number of carboxylic acid groups (broad SMARTS) is 1. The lowest BCUT2D eigenvalue weighted by molar-refractivity contribution is -0.143. The van der Waals surface area contributed by atoms with E-state index in [-0.39, 0.29) is 12.0 Å². The third-order valence-corrected chi connectivity index (χ3v) is 5.36. The molecule has 2 aromatic carbocycles. The van der Waals surface area contributed by atoms with Crippen LogP contribution >= 0.6 is 0 Å². The van der Waals surface area contributed by atoms with E-state index in [1.807, 2.05) is 12.3 Å². The van der Waals surface area contributed by atoms with Crippen LogP contribution in [0, 0.1) is 5.92 Å². The molecule has 0 saturated carbocycles. The predicted molar refractivity (Wildman–Crippen MR) is 102 cm³/mol. The summed E-state index contributed by atoms with van der Waals surface area (Å²) >= 11 is 0. The van der Waals surface area contributed by atoms with Crippen LogP contribution in [0.2, 0.25) is 0 Å². The number of aliphatic carboxylic acids is 1. The van der Waals surface area contributed by atoms with Gasteiger partial charge >= 0.3 is 5.97 Å². The highest BCUT2D eigenvalue weighted by molar-refractivity contribution is 5.86. The fraction of sp³-hybridized carbons (Fsp3) is 0.273. The first kappa shape index (κ1) is 16.7. The van der Waals surface area contributed by atoms with Gasteiger partial charge in [-0.25, -0.2) is 0 Å². The van der Waals surface area contributed by atoms with Crippen molar-refractivity contribution in [1.29, 1.82) is 0 Å². The third-order valence-electron chi connectivity index (χ3n) is 5.36. The van der Waals surface area contributed by atoms with Gasteiger partial charge < -0.3 is 5.11 Å². The standard InChI is InChI=1S/C22H22N2O2/c25-22(26)17-10-13-24(14-11-17)21(18-7-4-12-23-15-18)20-9-3-6-16-5-1-2-8-19(16)20/h1-9,12,15,17,21H,10-11,13-14H2,(H,25,26). The predicted octanol–water partition coefficient (Wildman–Crippen LogP) is 4.12. The number of hydrogen-bond acceptors (Lipinski definition) is 3. The van der Waals surface area contributed by atoms with Crippen molar-refractivity contribution in [1.82, 2.24) is 9.88 Å². The number of fused-ring (bicyclic) bond motifs is 1. The first-order valence-electron chi connectivity index (χ1n) is 9.08. The second kappa shape index (κ2) is 7.26. The van der Waals surface area contributed by atoms with Gasteiger partial charge in [0.15, 0.2) is 0 Å². The van der Waals surface area contributed by atoms with Crippen molar-refractivity contribution in [3.8, 4) is 0 Å². The summed E-state index contributed by atoms with van der Waals surface area (Å²) in [5, 5.41) is 11.8. The Hall–Kier alpha value is -2.72. The van der Waals surface area contributed by atoms with Crippen LogP contribution in [0.15, 0.2) is 67.0 Å². The summed E-state index contributed by atoms with van der Waals surface area (Å²) in [5.74, 6) is -0.902. The molecule has 0 amide bonds. The van der Waals surface area contributed by atoms with Crippen molar-refractivity contribution in [3.63, 3.8) is 0 Å². The van der Waals surface area contributed by atoms with Gasteiger partial charge in [-0.1, -0.05) is 48.5 Å². The summed E-state index contributed by atoms with van der Waals surface area (Å²) in [5.41, 5.74) is 2.41. The largest absolute Gasteiger partial charge is 0.481 e. The zero-order valence-corrected chi connectivity index (χ0v) is 14.6. The molecule has 1 fully saturated rings. The number of likely N-dealkylation sites (tertiary alicyclic amines) is 1. The molecule has 1 N–H and O–H groups in total. The zero-order valence-electron chi connectivity index (χ0n) is 14.6. The molecule has 0 aliphatic carbocycles. The molecule has 2 heterocycles. The van der Waals surface area contributed by atoms with E-state index in [0.29, 0.717) is 12.8 Å². The van der Waals surface area contributed by atoms with Crippen LogP contribution in [0.3, 0.4) is 0 Å². The van der Waals surface area contributed by atoms with Gasteiger partial charge in [-0.05, 0) is 53.9 Å². The molecule has 1 unspecified atom stereocenters. The number of pyridine rings is 1. The van der Waals surface area contributed by atoms with Gasteiger partial charge in [-0.15, -0.1) is 0 Å². The maximum atomic E-state index is 11.3. The maximum Gasteiger partial charge on any atom is 0.306 e. The molecule has 0 radical (unpaired) electrons. The topological polar surface area (TPSA) is 53.4 Å². The van der Waals surface area contributed by atoms with E-state index in [1.54, 1.807) is 6.20 Å². The Balaban J connectivity index is 1.76. The van der Waals surface area contributed by atoms with E-state index < -0.39 is 5.97 Å². The highest BCUT2D eigenvalue weighted by Gasteiger charge is 2.30. The molecule has 1 saturated heterocycles. The molecule has 1 aromatic heterocycles. The maximum absolute atomic E-state index is 11.3. The lowest BCUT2D eigenvalue weighted by Crippen LogP contribution is -2.39. The smallest absolute Gasteiger partial charge is 0.306 e. The molecular weight excluding hydrogens is 324 g/mol. The molecule has 1 aliphatic heterocycles. The number of hydrogen-bond donors (Lipinski definition) is 1. The second-order valence-electron chi connectivity index (χ2n) is 6.91. The van der Waals surface area contributed by atoms with E-state index in [2.05, 4.69) is 58.4 Å². The number of piperidine rings is 1. The van der Waals surface area contributed by atoms with Gasteiger partial charge in [0, 0.05) is 12.4 Å². The van der Waals surface area contributed by atoms with E-state index >= 15 is 0 Å². The van der Waals surface area contributed by atoms with Gasteiger partial charge in [-0.3, -0.25) is 14.7 Å². The highest BCUT2D eigenvalue weighted by Crippen LogP contribution is 2.35. The monoisotopic (exact) mass is 346 g/mol. The normalized spacial score (nSPS) is 17.2. The molecule has 4 rings (SSSR count).